The van der Waals surface area contributed by atoms with Crippen molar-refractivity contribution in [2.24, 2.45) is 0 Å². The number of hydrogen-bond donors (Lipinski definition) is 0. The normalized spacial score (nSPS) is 9.87. The number of nitrogens with zero attached hydrogens (tertiary/aromatic N) is 3. The van der Waals surface area contributed by atoms with Crippen molar-refractivity contribution in [1.29, 1.82) is 5.26 Å². The molecule has 3 heteroatoms. The Morgan fingerprint density at radius 1 is 1.04 bits per heavy atom. The molecule has 3 nitrogen and oxygen atoms in total. The van der Waals surface area contributed by atoms with Crippen LogP contribution in [-0.2, 0) is 0 Å². The summed E-state index contributed by atoms with van der Waals surface area (Å²) in [7, 11) is 0. The molecule has 0 saturated carbocycles. The summed E-state index contributed by atoms with van der Waals surface area (Å²) in [5, 5.41) is 9.03. The summed E-state index contributed by atoms with van der Waals surface area (Å²) in [5.74, 6) is 0. The highest BCUT2D eigenvalue weighted by molar-refractivity contribution is 5.75. The van der Waals surface area contributed by atoms with E-state index in [2.05, 4.69) is 22.0 Å². The second kappa shape index (κ2) is 6.13. The number of benzene rings is 2. The first-order chi connectivity index (χ1) is 11.2. The molecule has 0 spiro atoms. The third kappa shape index (κ3) is 2.81. The van der Waals surface area contributed by atoms with Gasteiger partial charge in [0.05, 0.1) is 23.9 Å². The Morgan fingerprint density at radius 3 is 2.52 bits per heavy atom. The lowest BCUT2D eigenvalue weighted by Gasteiger charge is -2.09. The van der Waals surface area contributed by atoms with E-state index in [1.807, 2.05) is 49.5 Å². The summed E-state index contributed by atoms with van der Waals surface area (Å²) in [6, 6.07) is 19.4. The maximum absolute atomic E-state index is 9.03. The molecule has 0 amide bonds. The first-order valence-electron chi connectivity index (χ1n) is 7.17. The standard InChI is InChI=1S/C20H13N3/c1-14-13-23-20(11-18(14)15-6-4-3-5-7-15)16-8-9-17(12-21)19(10-16)22-2/h3-11,13H,1H3. The fraction of sp³-hybridized carbons (Fsp3) is 0.0500. The molecule has 0 unspecified atom stereocenters. The van der Waals surface area contributed by atoms with Crippen molar-refractivity contribution in [3.05, 3.63) is 83.3 Å². The van der Waals surface area contributed by atoms with Crippen LogP contribution in [0.25, 0.3) is 27.2 Å². The summed E-state index contributed by atoms with van der Waals surface area (Å²) in [4.78, 5) is 7.91. The number of aromatic nitrogens is 1. The smallest absolute Gasteiger partial charge is 0.205 e. The van der Waals surface area contributed by atoms with Crippen molar-refractivity contribution < 1.29 is 0 Å². The van der Waals surface area contributed by atoms with Crippen LogP contribution in [0, 0.1) is 24.8 Å². The Morgan fingerprint density at radius 2 is 1.83 bits per heavy atom. The fourth-order valence-corrected chi connectivity index (χ4v) is 2.49. The molecule has 3 aromatic rings. The lowest BCUT2D eigenvalue weighted by Crippen LogP contribution is -1.90. The summed E-state index contributed by atoms with van der Waals surface area (Å²) in [5.41, 5.74) is 5.72. The van der Waals surface area contributed by atoms with Crippen LogP contribution >= 0.6 is 0 Å². The van der Waals surface area contributed by atoms with Gasteiger partial charge in [-0.15, -0.1) is 0 Å². The molecule has 0 aliphatic heterocycles. The molecule has 0 fully saturated rings. The zero-order valence-corrected chi connectivity index (χ0v) is 12.6. The predicted molar refractivity (Wildman–Crippen MR) is 90.8 cm³/mol. The first kappa shape index (κ1) is 14.5. The summed E-state index contributed by atoms with van der Waals surface area (Å²) in [6.45, 7) is 9.24. The van der Waals surface area contributed by atoms with Crippen LogP contribution in [0.4, 0.5) is 5.69 Å². The minimum absolute atomic E-state index is 0.355. The molecule has 0 aliphatic carbocycles. The van der Waals surface area contributed by atoms with E-state index < -0.39 is 0 Å². The SMILES string of the molecule is [C-]#[N+]c1cc(-c2cc(-c3ccccc3)c(C)cn2)ccc1C#N. The quantitative estimate of drug-likeness (QED) is 0.614. The molecule has 108 valence electrons. The van der Waals surface area contributed by atoms with Crippen LogP contribution in [0.15, 0.2) is 60.8 Å². The maximum atomic E-state index is 9.03. The fourth-order valence-electron chi connectivity index (χ4n) is 2.49. The number of rotatable bonds is 2. The van der Waals surface area contributed by atoms with E-state index in [-0.39, 0.29) is 0 Å². The highest BCUT2D eigenvalue weighted by Gasteiger charge is 2.09. The molecule has 1 heterocycles. The first-order valence-corrected chi connectivity index (χ1v) is 7.17. The van der Waals surface area contributed by atoms with Crippen molar-refractivity contribution in [2.45, 2.75) is 6.92 Å². The number of aryl methyl sites for hydroxylation is 1. The largest absolute Gasteiger partial charge is 0.256 e. The van der Waals surface area contributed by atoms with Crippen molar-refractivity contribution in [2.75, 3.05) is 0 Å². The van der Waals surface area contributed by atoms with Crippen molar-refractivity contribution in [3.8, 4) is 28.5 Å². The highest BCUT2D eigenvalue weighted by Crippen LogP contribution is 2.30. The summed E-state index contributed by atoms with van der Waals surface area (Å²) >= 11 is 0. The second-order valence-electron chi connectivity index (χ2n) is 5.21. The van der Waals surface area contributed by atoms with Gasteiger partial charge < -0.3 is 0 Å². The van der Waals surface area contributed by atoms with Crippen LogP contribution in [0.1, 0.15) is 11.1 Å². The molecule has 0 saturated heterocycles. The number of nitriles is 1. The van der Waals surface area contributed by atoms with Crippen LogP contribution in [0.5, 0.6) is 0 Å². The zero-order valence-electron chi connectivity index (χ0n) is 12.6. The van der Waals surface area contributed by atoms with E-state index in [9.17, 15) is 0 Å². The molecule has 0 radical (unpaired) electrons. The van der Waals surface area contributed by atoms with Crippen LogP contribution in [0.3, 0.4) is 0 Å². The van der Waals surface area contributed by atoms with Crippen LogP contribution in [0.2, 0.25) is 0 Å². The molecular formula is C20H13N3. The Balaban J connectivity index is 2.13. The van der Waals surface area contributed by atoms with Gasteiger partial charge in [0.1, 0.15) is 0 Å². The van der Waals surface area contributed by atoms with Crippen LogP contribution < -0.4 is 0 Å². The molecule has 0 bridgehead atoms. The monoisotopic (exact) mass is 295 g/mol. The maximum Gasteiger partial charge on any atom is 0.205 e. The van der Waals surface area contributed by atoms with Crippen molar-refractivity contribution >= 4 is 5.69 Å². The summed E-state index contributed by atoms with van der Waals surface area (Å²) < 4.78 is 0. The van der Waals surface area contributed by atoms with E-state index in [0.717, 1.165) is 27.9 Å². The van der Waals surface area contributed by atoms with Gasteiger partial charge in [0.15, 0.2) is 0 Å². The minimum Gasteiger partial charge on any atom is -0.256 e. The van der Waals surface area contributed by atoms with E-state index in [0.29, 0.717) is 11.3 Å². The van der Waals surface area contributed by atoms with Crippen molar-refractivity contribution in [1.82, 2.24) is 4.98 Å². The van der Waals surface area contributed by atoms with Gasteiger partial charge in [-0.3, -0.25) is 4.98 Å². The Kier molecular flexibility index (Phi) is 3.87. The van der Waals surface area contributed by atoms with Crippen molar-refractivity contribution in [3.63, 3.8) is 0 Å². The molecule has 0 aliphatic rings. The Bertz CT molecular complexity index is 945. The summed E-state index contributed by atoms with van der Waals surface area (Å²) in [6.07, 6.45) is 1.84. The van der Waals surface area contributed by atoms with Gasteiger partial charge in [-0.1, -0.05) is 42.5 Å². The Hall–Kier alpha value is -3.43. The predicted octanol–water partition coefficient (Wildman–Crippen LogP) is 5.15. The van der Waals surface area contributed by atoms with Gasteiger partial charge in [0, 0.05) is 6.20 Å². The zero-order chi connectivity index (χ0) is 16.2. The number of hydrogen-bond acceptors (Lipinski definition) is 2. The van der Waals surface area contributed by atoms with E-state index in [1.165, 1.54) is 0 Å². The second-order valence-corrected chi connectivity index (χ2v) is 5.21. The third-order valence-corrected chi connectivity index (χ3v) is 3.72. The molecule has 1 aromatic heterocycles. The highest BCUT2D eigenvalue weighted by atomic mass is 14.7. The molecule has 3 rings (SSSR count). The van der Waals surface area contributed by atoms with E-state index >= 15 is 0 Å². The lowest BCUT2D eigenvalue weighted by molar-refractivity contribution is 1.27. The van der Waals surface area contributed by atoms with Gasteiger partial charge in [0.2, 0.25) is 5.69 Å². The molecule has 23 heavy (non-hydrogen) atoms. The molecule has 0 atom stereocenters. The molecule has 2 aromatic carbocycles. The van der Waals surface area contributed by atoms with Crippen LogP contribution in [-0.4, -0.2) is 4.98 Å². The van der Waals surface area contributed by atoms with Gasteiger partial charge in [-0.25, -0.2) is 4.85 Å². The topological polar surface area (TPSA) is 41.0 Å². The van der Waals surface area contributed by atoms with Gasteiger partial charge >= 0.3 is 0 Å². The molecular weight excluding hydrogens is 282 g/mol. The average Bonchev–Trinajstić information content (AvgIpc) is 2.62. The van der Waals surface area contributed by atoms with Gasteiger partial charge in [0.25, 0.3) is 0 Å². The molecule has 0 N–H and O–H groups in total. The van der Waals surface area contributed by atoms with Gasteiger partial charge in [-0.05, 0) is 41.3 Å². The van der Waals surface area contributed by atoms with Gasteiger partial charge in [-0.2, -0.15) is 5.26 Å². The Labute approximate surface area is 135 Å². The van der Waals surface area contributed by atoms with E-state index in [4.69, 9.17) is 11.8 Å². The lowest BCUT2D eigenvalue weighted by atomic mass is 9.99. The average molecular weight is 295 g/mol. The van der Waals surface area contributed by atoms with E-state index in [1.54, 1.807) is 12.1 Å². The third-order valence-electron chi connectivity index (χ3n) is 3.72. The number of pyridine rings is 1. The minimum atomic E-state index is 0.355.